The minimum absolute atomic E-state index is 0.0296. The SMILES string of the molecule is Cc1ccc(F)cc1NC(=O)NCC(O)c1ccc(Cl)cc1. The molecule has 0 heterocycles. The van der Waals surface area contributed by atoms with Gasteiger partial charge in [0, 0.05) is 17.3 Å². The molecule has 22 heavy (non-hydrogen) atoms. The van der Waals surface area contributed by atoms with Crippen molar-refractivity contribution < 1.29 is 14.3 Å². The van der Waals surface area contributed by atoms with E-state index in [2.05, 4.69) is 10.6 Å². The van der Waals surface area contributed by atoms with Gasteiger partial charge in [0.1, 0.15) is 5.82 Å². The predicted octanol–water partition coefficient (Wildman–Crippen LogP) is 3.64. The van der Waals surface area contributed by atoms with Crippen molar-refractivity contribution in [3.05, 3.63) is 64.4 Å². The first-order chi connectivity index (χ1) is 10.5. The molecular formula is C16H16ClFN2O2. The summed E-state index contributed by atoms with van der Waals surface area (Å²) in [6.45, 7) is 1.79. The van der Waals surface area contributed by atoms with Crippen molar-refractivity contribution in [3.63, 3.8) is 0 Å². The van der Waals surface area contributed by atoms with E-state index in [1.165, 1.54) is 12.1 Å². The fraction of sp³-hybridized carbons (Fsp3) is 0.188. The Bertz CT molecular complexity index is 662. The van der Waals surface area contributed by atoms with Gasteiger partial charge in [-0.3, -0.25) is 0 Å². The van der Waals surface area contributed by atoms with Crippen LogP contribution in [0.25, 0.3) is 0 Å². The van der Waals surface area contributed by atoms with Crippen LogP contribution in [0.2, 0.25) is 5.02 Å². The maximum absolute atomic E-state index is 13.1. The van der Waals surface area contributed by atoms with Crippen LogP contribution < -0.4 is 10.6 Å². The summed E-state index contributed by atoms with van der Waals surface area (Å²) in [6.07, 6.45) is -0.850. The van der Waals surface area contributed by atoms with E-state index in [0.717, 1.165) is 5.56 Å². The van der Waals surface area contributed by atoms with Crippen LogP contribution in [0, 0.1) is 12.7 Å². The Hall–Kier alpha value is -2.11. The number of anilines is 1. The van der Waals surface area contributed by atoms with E-state index in [9.17, 15) is 14.3 Å². The van der Waals surface area contributed by atoms with Gasteiger partial charge in [-0.1, -0.05) is 29.8 Å². The van der Waals surface area contributed by atoms with Crippen LogP contribution in [0.4, 0.5) is 14.9 Å². The van der Waals surface area contributed by atoms with E-state index in [1.54, 1.807) is 37.3 Å². The Morgan fingerprint density at radius 2 is 1.95 bits per heavy atom. The molecule has 0 saturated carbocycles. The van der Waals surface area contributed by atoms with E-state index >= 15 is 0 Å². The molecule has 2 aromatic carbocycles. The quantitative estimate of drug-likeness (QED) is 0.804. The number of aryl methyl sites for hydroxylation is 1. The lowest BCUT2D eigenvalue weighted by Crippen LogP contribution is -2.32. The molecule has 0 aliphatic rings. The third-order valence-electron chi connectivity index (χ3n) is 3.16. The summed E-state index contributed by atoms with van der Waals surface area (Å²) in [5, 5.41) is 15.6. The number of aliphatic hydroxyl groups excluding tert-OH is 1. The fourth-order valence-electron chi connectivity index (χ4n) is 1.89. The fourth-order valence-corrected chi connectivity index (χ4v) is 2.01. The van der Waals surface area contributed by atoms with Crippen LogP contribution in [0.1, 0.15) is 17.2 Å². The molecule has 2 rings (SSSR count). The molecule has 116 valence electrons. The van der Waals surface area contributed by atoms with Gasteiger partial charge in [0.25, 0.3) is 0 Å². The van der Waals surface area contributed by atoms with E-state index in [1.807, 2.05) is 0 Å². The molecule has 0 bridgehead atoms. The van der Waals surface area contributed by atoms with Gasteiger partial charge >= 0.3 is 6.03 Å². The van der Waals surface area contributed by atoms with Gasteiger partial charge in [0.2, 0.25) is 0 Å². The van der Waals surface area contributed by atoms with Gasteiger partial charge in [0.15, 0.2) is 0 Å². The molecule has 0 aromatic heterocycles. The summed E-state index contributed by atoms with van der Waals surface area (Å²) >= 11 is 5.77. The number of aliphatic hydroxyl groups is 1. The smallest absolute Gasteiger partial charge is 0.319 e. The maximum atomic E-state index is 13.1. The molecule has 0 aliphatic heterocycles. The molecule has 0 saturated heterocycles. The van der Waals surface area contributed by atoms with Gasteiger partial charge < -0.3 is 15.7 Å². The van der Waals surface area contributed by atoms with Gasteiger partial charge in [-0.15, -0.1) is 0 Å². The van der Waals surface area contributed by atoms with Crippen LogP contribution in [0.15, 0.2) is 42.5 Å². The lowest BCUT2D eigenvalue weighted by Gasteiger charge is -2.14. The van der Waals surface area contributed by atoms with Crippen molar-refractivity contribution in [1.82, 2.24) is 5.32 Å². The van der Waals surface area contributed by atoms with Crippen molar-refractivity contribution in [2.75, 3.05) is 11.9 Å². The molecule has 0 spiro atoms. The number of urea groups is 1. The Kier molecular flexibility index (Phi) is 5.35. The van der Waals surface area contributed by atoms with Crippen molar-refractivity contribution in [2.45, 2.75) is 13.0 Å². The number of hydrogen-bond acceptors (Lipinski definition) is 2. The number of carbonyl (C=O) groups is 1. The second-order valence-corrected chi connectivity index (χ2v) is 5.30. The number of benzene rings is 2. The van der Waals surface area contributed by atoms with E-state index in [4.69, 9.17) is 11.6 Å². The standard InChI is InChI=1S/C16H16ClFN2O2/c1-10-2-7-13(18)8-14(10)20-16(22)19-9-15(21)11-3-5-12(17)6-4-11/h2-8,15,21H,9H2,1H3,(H2,19,20,22). The summed E-state index contributed by atoms with van der Waals surface area (Å²) in [4.78, 5) is 11.8. The number of hydrogen-bond donors (Lipinski definition) is 3. The lowest BCUT2D eigenvalue weighted by molar-refractivity contribution is 0.175. The number of carbonyl (C=O) groups excluding carboxylic acids is 1. The van der Waals surface area contributed by atoms with E-state index in [0.29, 0.717) is 16.3 Å². The molecule has 2 aromatic rings. The average Bonchev–Trinajstić information content (AvgIpc) is 2.49. The van der Waals surface area contributed by atoms with E-state index in [-0.39, 0.29) is 6.54 Å². The molecular weight excluding hydrogens is 307 g/mol. The highest BCUT2D eigenvalue weighted by atomic mass is 35.5. The first-order valence-corrected chi connectivity index (χ1v) is 7.08. The molecule has 0 radical (unpaired) electrons. The zero-order valence-corrected chi connectivity index (χ0v) is 12.7. The molecule has 1 unspecified atom stereocenters. The van der Waals surface area contributed by atoms with Crippen LogP contribution >= 0.6 is 11.6 Å². The van der Waals surface area contributed by atoms with Crippen LogP contribution in [0.5, 0.6) is 0 Å². The van der Waals surface area contributed by atoms with Gasteiger partial charge in [-0.05, 0) is 42.3 Å². The minimum Gasteiger partial charge on any atom is -0.387 e. The molecule has 0 aliphatic carbocycles. The highest BCUT2D eigenvalue weighted by Gasteiger charge is 2.10. The number of nitrogens with one attached hydrogen (secondary N) is 2. The average molecular weight is 323 g/mol. The van der Waals surface area contributed by atoms with Crippen LogP contribution in [-0.2, 0) is 0 Å². The monoisotopic (exact) mass is 322 g/mol. The third kappa shape index (κ3) is 4.44. The zero-order chi connectivity index (χ0) is 16.1. The molecule has 3 N–H and O–H groups in total. The zero-order valence-electron chi connectivity index (χ0n) is 11.9. The van der Waals surface area contributed by atoms with E-state index < -0.39 is 18.0 Å². The normalized spacial score (nSPS) is 11.8. The first kappa shape index (κ1) is 16.3. The van der Waals surface area contributed by atoms with Gasteiger partial charge in [-0.25, -0.2) is 9.18 Å². The largest absolute Gasteiger partial charge is 0.387 e. The van der Waals surface area contributed by atoms with Gasteiger partial charge in [-0.2, -0.15) is 0 Å². The second-order valence-electron chi connectivity index (χ2n) is 4.86. The summed E-state index contributed by atoms with van der Waals surface area (Å²) in [6, 6.07) is 10.3. The second kappa shape index (κ2) is 7.24. The number of amides is 2. The summed E-state index contributed by atoms with van der Waals surface area (Å²) in [5.41, 5.74) is 1.78. The van der Waals surface area contributed by atoms with Gasteiger partial charge in [0.05, 0.1) is 6.10 Å². The van der Waals surface area contributed by atoms with Crippen molar-refractivity contribution in [2.24, 2.45) is 0 Å². The van der Waals surface area contributed by atoms with Crippen molar-refractivity contribution >= 4 is 23.3 Å². The molecule has 0 fully saturated rings. The highest BCUT2D eigenvalue weighted by Crippen LogP contribution is 2.17. The topological polar surface area (TPSA) is 61.4 Å². The Morgan fingerprint density at radius 3 is 2.64 bits per heavy atom. The summed E-state index contributed by atoms with van der Waals surface area (Å²) < 4.78 is 13.1. The molecule has 4 nitrogen and oxygen atoms in total. The Balaban J connectivity index is 1.89. The van der Waals surface area contributed by atoms with Crippen molar-refractivity contribution in [1.29, 1.82) is 0 Å². The van der Waals surface area contributed by atoms with Crippen LogP contribution in [0.3, 0.4) is 0 Å². The van der Waals surface area contributed by atoms with Crippen molar-refractivity contribution in [3.8, 4) is 0 Å². The number of rotatable bonds is 4. The predicted molar refractivity (Wildman–Crippen MR) is 84.6 cm³/mol. The molecule has 6 heteroatoms. The Labute approximate surface area is 132 Å². The maximum Gasteiger partial charge on any atom is 0.319 e. The Morgan fingerprint density at radius 1 is 1.27 bits per heavy atom. The first-order valence-electron chi connectivity index (χ1n) is 6.70. The number of halogens is 2. The highest BCUT2D eigenvalue weighted by molar-refractivity contribution is 6.30. The van der Waals surface area contributed by atoms with Crippen LogP contribution in [-0.4, -0.2) is 17.7 Å². The summed E-state index contributed by atoms with van der Waals surface area (Å²) in [7, 11) is 0. The summed E-state index contributed by atoms with van der Waals surface area (Å²) in [5.74, 6) is -0.429. The lowest BCUT2D eigenvalue weighted by atomic mass is 10.1. The minimum atomic E-state index is -0.850. The molecule has 1 atom stereocenters. The third-order valence-corrected chi connectivity index (χ3v) is 3.41. The molecule has 2 amide bonds.